The zero-order valence-corrected chi connectivity index (χ0v) is 16.2. The summed E-state index contributed by atoms with van der Waals surface area (Å²) < 4.78 is 5.79. The van der Waals surface area contributed by atoms with E-state index in [1.165, 1.54) is 0 Å². The molecule has 0 amide bonds. The van der Waals surface area contributed by atoms with Gasteiger partial charge in [-0.2, -0.15) is 5.10 Å². The van der Waals surface area contributed by atoms with E-state index in [0.29, 0.717) is 5.82 Å². The predicted octanol–water partition coefficient (Wildman–Crippen LogP) is 3.77. The number of hydrogen-bond donors (Lipinski definition) is 2. The number of nitrogen functional groups attached to an aromatic ring is 1. The quantitative estimate of drug-likeness (QED) is 0.478. The van der Waals surface area contributed by atoms with Crippen LogP contribution in [0.2, 0.25) is 0 Å². The van der Waals surface area contributed by atoms with Gasteiger partial charge in [0.15, 0.2) is 5.82 Å². The maximum atomic E-state index is 6.52. The van der Waals surface area contributed by atoms with Crippen LogP contribution < -0.4 is 5.73 Å². The molecule has 3 N–H and O–H groups in total. The fourth-order valence-electron chi connectivity index (χ4n) is 3.91. The summed E-state index contributed by atoms with van der Waals surface area (Å²) in [7, 11) is 0. The zero-order valence-electron chi connectivity index (χ0n) is 16.2. The van der Waals surface area contributed by atoms with Crippen LogP contribution in [0.4, 0.5) is 5.82 Å². The maximum absolute atomic E-state index is 6.52. The number of aromatic amines is 1. The lowest BCUT2D eigenvalue weighted by atomic mass is 10.2. The van der Waals surface area contributed by atoms with Gasteiger partial charge in [-0.1, -0.05) is 0 Å². The summed E-state index contributed by atoms with van der Waals surface area (Å²) in [4.78, 5) is 11.8. The smallest absolute Gasteiger partial charge is 0.151 e. The summed E-state index contributed by atoms with van der Waals surface area (Å²) in [6.07, 6.45) is 9.30. The summed E-state index contributed by atoms with van der Waals surface area (Å²) in [6.45, 7) is 1.94. The van der Waals surface area contributed by atoms with Crippen molar-refractivity contribution in [1.29, 1.82) is 0 Å². The Hall–Kier alpha value is -4.33. The lowest BCUT2D eigenvalue weighted by molar-refractivity contribution is 0.892. The van der Waals surface area contributed by atoms with Crippen molar-refractivity contribution in [2.75, 3.05) is 5.73 Å². The molecule has 0 aliphatic carbocycles. The molecule has 146 valence electrons. The first-order valence-corrected chi connectivity index (χ1v) is 9.57. The van der Waals surface area contributed by atoms with E-state index in [4.69, 9.17) is 5.73 Å². The van der Waals surface area contributed by atoms with Crippen LogP contribution in [-0.2, 0) is 0 Å². The third-order valence-corrected chi connectivity index (χ3v) is 5.35. The van der Waals surface area contributed by atoms with Gasteiger partial charge in [0.25, 0.3) is 0 Å². The lowest BCUT2D eigenvalue weighted by Crippen LogP contribution is -2.04. The second-order valence-electron chi connectivity index (χ2n) is 7.25. The Labute approximate surface area is 171 Å². The van der Waals surface area contributed by atoms with Crippen LogP contribution in [0.5, 0.6) is 0 Å². The SMILES string of the molecule is Cc1nc2ccc(-n3ncc(-n4ccc5cc(-n6ccnc6)ccc54)c3N)cc2[nH]1. The molecule has 0 saturated heterocycles. The van der Waals surface area contributed by atoms with Crippen LogP contribution in [-0.4, -0.2) is 33.9 Å². The average Bonchev–Trinajstić information content (AvgIpc) is 3.52. The molecule has 4 heterocycles. The molecule has 8 heteroatoms. The molecule has 0 radical (unpaired) electrons. The predicted molar refractivity (Wildman–Crippen MR) is 116 cm³/mol. The number of aromatic nitrogens is 7. The normalized spacial score (nSPS) is 11.6. The minimum Gasteiger partial charge on any atom is -0.382 e. The van der Waals surface area contributed by atoms with Gasteiger partial charge in [0.2, 0.25) is 0 Å². The molecule has 4 aromatic heterocycles. The van der Waals surface area contributed by atoms with E-state index in [-0.39, 0.29) is 0 Å². The molecule has 8 nitrogen and oxygen atoms in total. The number of anilines is 1. The van der Waals surface area contributed by atoms with E-state index in [1.54, 1.807) is 23.4 Å². The summed E-state index contributed by atoms with van der Waals surface area (Å²) in [5.74, 6) is 1.45. The number of imidazole rings is 2. The van der Waals surface area contributed by atoms with E-state index < -0.39 is 0 Å². The van der Waals surface area contributed by atoms with E-state index in [2.05, 4.69) is 48.9 Å². The molecule has 0 aliphatic heterocycles. The number of nitrogens with zero attached hydrogens (tertiary/aromatic N) is 6. The van der Waals surface area contributed by atoms with Gasteiger partial charge in [-0.3, -0.25) is 0 Å². The van der Waals surface area contributed by atoms with Gasteiger partial charge >= 0.3 is 0 Å². The Morgan fingerprint density at radius 2 is 1.90 bits per heavy atom. The minimum absolute atomic E-state index is 0.571. The first-order valence-electron chi connectivity index (χ1n) is 9.57. The molecule has 0 bridgehead atoms. The summed E-state index contributed by atoms with van der Waals surface area (Å²) >= 11 is 0. The van der Waals surface area contributed by atoms with Crippen molar-refractivity contribution in [2.24, 2.45) is 0 Å². The third kappa shape index (κ3) is 2.44. The Bertz CT molecular complexity index is 1510. The Kier molecular flexibility index (Phi) is 3.37. The van der Waals surface area contributed by atoms with Crippen LogP contribution in [0.25, 0.3) is 39.0 Å². The van der Waals surface area contributed by atoms with Crippen molar-refractivity contribution in [3.63, 3.8) is 0 Å². The number of nitrogens with two attached hydrogens (primary N) is 1. The van der Waals surface area contributed by atoms with Crippen molar-refractivity contribution >= 4 is 27.8 Å². The van der Waals surface area contributed by atoms with Crippen molar-refractivity contribution in [3.8, 4) is 17.1 Å². The number of hydrogen-bond acceptors (Lipinski definition) is 4. The molecule has 6 rings (SSSR count). The highest BCUT2D eigenvalue weighted by Crippen LogP contribution is 2.28. The Morgan fingerprint density at radius 1 is 1.00 bits per heavy atom. The van der Waals surface area contributed by atoms with Gasteiger partial charge in [-0.15, -0.1) is 0 Å². The fraction of sp³-hybridized carbons (Fsp3) is 0.0455. The number of aryl methyl sites for hydroxylation is 1. The molecule has 0 unspecified atom stereocenters. The number of nitrogens with one attached hydrogen (secondary N) is 1. The first kappa shape index (κ1) is 16.6. The molecule has 30 heavy (non-hydrogen) atoms. The zero-order chi connectivity index (χ0) is 20.2. The number of benzene rings is 2. The maximum Gasteiger partial charge on any atom is 0.151 e. The molecule has 0 fully saturated rings. The Balaban J connectivity index is 1.44. The standard InChI is InChI=1S/C22H18N8/c1-14-26-18-4-2-17(11-19(18)27-14)30-22(23)21(12-25-30)29-8-6-15-10-16(3-5-20(15)29)28-9-7-24-13-28/h2-13H,23H2,1H3,(H,26,27). The lowest BCUT2D eigenvalue weighted by Gasteiger charge is -2.08. The monoisotopic (exact) mass is 394 g/mol. The second-order valence-corrected chi connectivity index (χ2v) is 7.25. The summed E-state index contributed by atoms with van der Waals surface area (Å²) in [5, 5.41) is 5.66. The number of fused-ring (bicyclic) bond motifs is 2. The molecule has 0 aliphatic rings. The molecule has 2 aromatic carbocycles. The van der Waals surface area contributed by atoms with Gasteiger partial charge in [0.1, 0.15) is 11.5 Å². The van der Waals surface area contributed by atoms with E-state index in [1.807, 2.05) is 42.1 Å². The minimum atomic E-state index is 0.571. The summed E-state index contributed by atoms with van der Waals surface area (Å²) in [5.41, 5.74) is 12.2. The number of rotatable bonds is 3. The highest BCUT2D eigenvalue weighted by molar-refractivity contribution is 5.85. The van der Waals surface area contributed by atoms with E-state index in [0.717, 1.165) is 44.8 Å². The largest absolute Gasteiger partial charge is 0.382 e. The summed E-state index contributed by atoms with van der Waals surface area (Å²) in [6, 6.07) is 14.3. The van der Waals surface area contributed by atoms with E-state index >= 15 is 0 Å². The van der Waals surface area contributed by atoms with Crippen LogP contribution in [0.3, 0.4) is 0 Å². The highest BCUT2D eigenvalue weighted by atomic mass is 15.3. The van der Waals surface area contributed by atoms with Crippen LogP contribution in [0.1, 0.15) is 5.82 Å². The van der Waals surface area contributed by atoms with Crippen LogP contribution >= 0.6 is 0 Å². The molecule has 0 atom stereocenters. The van der Waals surface area contributed by atoms with Gasteiger partial charge in [0.05, 0.1) is 34.8 Å². The molecular formula is C22H18N8. The van der Waals surface area contributed by atoms with Crippen LogP contribution in [0.15, 0.2) is 73.6 Å². The number of H-pyrrole nitrogens is 1. The van der Waals surface area contributed by atoms with Crippen molar-refractivity contribution in [2.45, 2.75) is 6.92 Å². The van der Waals surface area contributed by atoms with Gasteiger partial charge < -0.3 is 19.9 Å². The van der Waals surface area contributed by atoms with Crippen molar-refractivity contribution < 1.29 is 0 Å². The molecule has 0 spiro atoms. The van der Waals surface area contributed by atoms with Gasteiger partial charge in [-0.05, 0) is 49.4 Å². The highest BCUT2D eigenvalue weighted by Gasteiger charge is 2.14. The van der Waals surface area contributed by atoms with Crippen molar-refractivity contribution in [3.05, 3.63) is 79.4 Å². The average molecular weight is 394 g/mol. The van der Waals surface area contributed by atoms with E-state index in [9.17, 15) is 0 Å². The molecule has 0 saturated carbocycles. The molecule has 6 aromatic rings. The van der Waals surface area contributed by atoms with Gasteiger partial charge in [-0.25, -0.2) is 14.6 Å². The van der Waals surface area contributed by atoms with Gasteiger partial charge in [0, 0.05) is 29.7 Å². The van der Waals surface area contributed by atoms with Crippen molar-refractivity contribution in [1.82, 2.24) is 33.9 Å². The van der Waals surface area contributed by atoms with Crippen LogP contribution in [0, 0.1) is 6.92 Å². The first-order chi connectivity index (χ1) is 14.7. The Morgan fingerprint density at radius 3 is 2.77 bits per heavy atom. The second kappa shape index (κ2) is 6.08. The fourth-order valence-corrected chi connectivity index (χ4v) is 3.91. The molecular weight excluding hydrogens is 376 g/mol. The topological polar surface area (TPSA) is 95.3 Å². The third-order valence-electron chi connectivity index (χ3n) is 5.35.